The van der Waals surface area contributed by atoms with Crippen molar-refractivity contribution in [2.24, 2.45) is 10.8 Å². The summed E-state index contributed by atoms with van der Waals surface area (Å²) in [5, 5.41) is 3.35. The largest absolute Gasteiger partial charge is 0.423 e. The zero-order valence-corrected chi connectivity index (χ0v) is 19.9. The molecule has 1 aromatic carbocycles. The summed E-state index contributed by atoms with van der Waals surface area (Å²) in [4.78, 5) is 14.4. The van der Waals surface area contributed by atoms with E-state index >= 15 is 0 Å². The number of ether oxygens (including phenoxy) is 7. The van der Waals surface area contributed by atoms with Gasteiger partial charge in [-0.05, 0) is 23.2 Å². The van der Waals surface area contributed by atoms with Gasteiger partial charge < -0.3 is 38.9 Å². The quantitative estimate of drug-likeness (QED) is 0.0590. The third kappa shape index (κ3) is 17.7. The second-order valence-corrected chi connectivity index (χ2v) is 6.82. The van der Waals surface area contributed by atoms with Gasteiger partial charge in [0.05, 0.1) is 85.7 Å². The van der Waals surface area contributed by atoms with Gasteiger partial charge in [-0.15, -0.1) is 0 Å². The number of rotatable bonds is 23. The van der Waals surface area contributed by atoms with Crippen LogP contribution in [0.5, 0.6) is 5.75 Å². The van der Waals surface area contributed by atoms with Crippen molar-refractivity contribution in [3.8, 4) is 5.75 Å². The second-order valence-electron chi connectivity index (χ2n) is 6.82. The molecule has 12 nitrogen and oxygen atoms in total. The van der Waals surface area contributed by atoms with Crippen LogP contribution in [0.25, 0.3) is 10.4 Å². The minimum absolute atomic E-state index is 0.00111. The summed E-state index contributed by atoms with van der Waals surface area (Å²) in [5.74, 6) is -1.34. The monoisotopic (exact) mass is 502 g/mol. The van der Waals surface area contributed by atoms with E-state index in [4.69, 9.17) is 44.4 Å². The van der Waals surface area contributed by atoms with Crippen LogP contribution in [0.2, 0.25) is 0 Å². The van der Waals surface area contributed by atoms with Gasteiger partial charge in [0, 0.05) is 18.0 Å². The van der Waals surface area contributed by atoms with Crippen LogP contribution in [0.4, 0.5) is 4.39 Å². The third-order valence-corrected chi connectivity index (χ3v) is 4.17. The summed E-state index contributed by atoms with van der Waals surface area (Å²) in [6.07, 6.45) is -0.00111. The van der Waals surface area contributed by atoms with Gasteiger partial charge >= 0.3 is 5.97 Å². The topological polar surface area (TPSA) is 156 Å². The number of hydrogen-bond acceptors (Lipinski definition) is 10. The standard InChI is InChI=1S/C22H35FN4O8/c23-20-17-19(18-24)1-2-21(20)35-22(28)3-5-29-7-9-31-11-13-33-15-16-34-14-12-32-10-8-30-6-4-26-27-25/h1-2,17H,3-16,18,24H2. The van der Waals surface area contributed by atoms with Crippen molar-refractivity contribution in [3.63, 3.8) is 0 Å². The lowest BCUT2D eigenvalue weighted by Crippen LogP contribution is -2.15. The van der Waals surface area contributed by atoms with E-state index in [2.05, 4.69) is 10.0 Å². The Labute approximate surface area is 204 Å². The van der Waals surface area contributed by atoms with E-state index in [1.54, 1.807) is 6.07 Å². The first-order chi connectivity index (χ1) is 17.2. The molecule has 0 aliphatic carbocycles. The van der Waals surface area contributed by atoms with Crippen LogP contribution >= 0.6 is 0 Å². The SMILES string of the molecule is [N-]=[N+]=NCCOCCOCCOCCOCCOCCOCCC(=O)Oc1ccc(CN)cc1F. The molecule has 35 heavy (non-hydrogen) atoms. The summed E-state index contributed by atoms with van der Waals surface area (Å²) < 4.78 is 50.7. The molecule has 1 aromatic rings. The summed E-state index contributed by atoms with van der Waals surface area (Å²) in [6, 6.07) is 4.22. The van der Waals surface area contributed by atoms with Gasteiger partial charge in [0.15, 0.2) is 11.6 Å². The molecule has 0 unspecified atom stereocenters. The average Bonchev–Trinajstić information content (AvgIpc) is 2.86. The Morgan fingerprint density at radius 1 is 0.829 bits per heavy atom. The number of halogens is 1. The van der Waals surface area contributed by atoms with E-state index in [1.807, 2.05) is 0 Å². The molecule has 0 saturated heterocycles. The highest BCUT2D eigenvalue weighted by molar-refractivity contribution is 5.72. The number of benzene rings is 1. The van der Waals surface area contributed by atoms with Crippen LogP contribution in [0.1, 0.15) is 12.0 Å². The average molecular weight is 503 g/mol. The van der Waals surface area contributed by atoms with Crippen molar-refractivity contribution >= 4 is 5.97 Å². The molecule has 0 amide bonds. The number of nitrogens with zero attached hydrogens (tertiary/aromatic N) is 3. The van der Waals surface area contributed by atoms with E-state index in [0.29, 0.717) is 84.8 Å². The van der Waals surface area contributed by atoms with E-state index in [1.165, 1.54) is 12.1 Å². The minimum atomic E-state index is -0.628. The molecule has 0 bridgehead atoms. The summed E-state index contributed by atoms with van der Waals surface area (Å²) in [7, 11) is 0. The summed E-state index contributed by atoms with van der Waals surface area (Å²) >= 11 is 0. The molecule has 0 heterocycles. The maximum atomic E-state index is 13.8. The Morgan fingerprint density at radius 2 is 1.31 bits per heavy atom. The third-order valence-electron chi connectivity index (χ3n) is 4.17. The molecule has 0 atom stereocenters. The molecular weight excluding hydrogens is 467 g/mol. The number of azide groups is 1. The summed E-state index contributed by atoms with van der Waals surface area (Å²) in [5.41, 5.74) is 14.2. The van der Waals surface area contributed by atoms with Crippen LogP contribution < -0.4 is 10.5 Å². The van der Waals surface area contributed by atoms with Crippen LogP contribution in [0.15, 0.2) is 23.3 Å². The fraction of sp³-hybridized carbons (Fsp3) is 0.682. The van der Waals surface area contributed by atoms with Gasteiger partial charge in [-0.3, -0.25) is 4.79 Å². The molecule has 0 fully saturated rings. The van der Waals surface area contributed by atoms with Gasteiger partial charge in [-0.1, -0.05) is 11.2 Å². The highest BCUT2D eigenvalue weighted by atomic mass is 19.1. The number of carbonyl (C=O) groups excluding carboxylic acids is 1. The van der Waals surface area contributed by atoms with E-state index in [9.17, 15) is 9.18 Å². The van der Waals surface area contributed by atoms with Crippen molar-refractivity contribution in [1.82, 2.24) is 0 Å². The molecule has 13 heteroatoms. The highest BCUT2D eigenvalue weighted by Gasteiger charge is 2.10. The molecule has 198 valence electrons. The molecule has 0 spiro atoms. The van der Waals surface area contributed by atoms with Gasteiger partial charge in [0.1, 0.15) is 0 Å². The summed E-state index contributed by atoms with van der Waals surface area (Å²) in [6.45, 7) is 5.25. The molecule has 0 aromatic heterocycles. The van der Waals surface area contributed by atoms with Crippen LogP contribution in [-0.2, 0) is 39.8 Å². The van der Waals surface area contributed by atoms with Crippen molar-refractivity contribution < 1.29 is 42.3 Å². The Morgan fingerprint density at radius 3 is 1.77 bits per heavy atom. The van der Waals surface area contributed by atoms with E-state index < -0.39 is 11.8 Å². The van der Waals surface area contributed by atoms with Crippen LogP contribution in [0, 0.1) is 5.82 Å². The number of carbonyl (C=O) groups is 1. The van der Waals surface area contributed by atoms with Gasteiger partial charge in [-0.25, -0.2) is 4.39 Å². The Balaban J connectivity index is 1.80. The maximum absolute atomic E-state index is 13.8. The fourth-order valence-corrected chi connectivity index (χ4v) is 2.43. The fourth-order valence-electron chi connectivity index (χ4n) is 2.43. The van der Waals surface area contributed by atoms with Crippen LogP contribution in [0.3, 0.4) is 0 Å². The first kappa shape index (κ1) is 30.7. The molecule has 0 aliphatic heterocycles. The molecule has 2 N–H and O–H groups in total. The number of hydrogen-bond donors (Lipinski definition) is 1. The van der Waals surface area contributed by atoms with Gasteiger partial charge in [0.2, 0.25) is 0 Å². The predicted octanol–water partition coefficient (Wildman–Crippen LogP) is 1.99. The minimum Gasteiger partial charge on any atom is -0.423 e. The highest BCUT2D eigenvalue weighted by Crippen LogP contribution is 2.18. The first-order valence-electron chi connectivity index (χ1n) is 11.3. The lowest BCUT2D eigenvalue weighted by atomic mass is 10.2. The van der Waals surface area contributed by atoms with Crippen molar-refractivity contribution in [1.29, 1.82) is 0 Å². The van der Waals surface area contributed by atoms with Crippen LogP contribution in [-0.4, -0.2) is 91.8 Å². The normalized spacial score (nSPS) is 10.8. The second kappa shape index (κ2) is 22.1. The van der Waals surface area contributed by atoms with Crippen molar-refractivity contribution in [3.05, 3.63) is 40.0 Å². The lowest BCUT2D eigenvalue weighted by Gasteiger charge is -2.08. The zero-order chi connectivity index (χ0) is 25.4. The van der Waals surface area contributed by atoms with E-state index in [-0.39, 0.29) is 25.3 Å². The Bertz CT molecular complexity index is 737. The van der Waals surface area contributed by atoms with Crippen molar-refractivity contribution in [2.45, 2.75) is 13.0 Å². The number of nitrogens with two attached hydrogens (primary N) is 1. The van der Waals surface area contributed by atoms with Crippen molar-refractivity contribution in [2.75, 3.05) is 85.8 Å². The lowest BCUT2D eigenvalue weighted by molar-refractivity contribution is -0.135. The molecular formula is C22H35FN4O8. The van der Waals surface area contributed by atoms with Gasteiger partial charge in [0.25, 0.3) is 0 Å². The van der Waals surface area contributed by atoms with E-state index in [0.717, 1.165) is 0 Å². The van der Waals surface area contributed by atoms with Gasteiger partial charge in [-0.2, -0.15) is 0 Å². The first-order valence-corrected chi connectivity index (χ1v) is 11.3. The molecule has 0 saturated carbocycles. The number of esters is 1. The molecule has 0 aliphatic rings. The Hall–Kier alpha value is -2.35. The smallest absolute Gasteiger partial charge is 0.313 e. The Kier molecular flexibility index (Phi) is 19.4. The molecule has 1 rings (SSSR count). The zero-order valence-electron chi connectivity index (χ0n) is 19.9. The predicted molar refractivity (Wildman–Crippen MR) is 123 cm³/mol. The maximum Gasteiger partial charge on any atom is 0.313 e. The molecule has 0 radical (unpaired) electrons.